The number of imide groups is 1. The summed E-state index contributed by atoms with van der Waals surface area (Å²) in [6.45, 7) is 4.17. The number of hydrogen-bond acceptors (Lipinski definition) is 3. The van der Waals surface area contributed by atoms with Gasteiger partial charge in [-0.2, -0.15) is 0 Å². The summed E-state index contributed by atoms with van der Waals surface area (Å²) in [5.74, 6) is -0.861. The van der Waals surface area contributed by atoms with Crippen molar-refractivity contribution in [1.29, 1.82) is 0 Å². The normalized spacial score (nSPS) is 13.1. The minimum atomic E-state index is -0.332. The molecule has 5 nitrogen and oxygen atoms in total. The van der Waals surface area contributed by atoms with Crippen LogP contribution in [-0.2, 0) is 17.6 Å². The molecule has 2 aromatic rings. The van der Waals surface area contributed by atoms with Crippen LogP contribution in [-0.4, -0.2) is 29.2 Å². The highest BCUT2D eigenvalue weighted by Gasteiger charge is 2.34. The molecule has 1 N–H and O–H groups in total. The quantitative estimate of drug-likeness (QED) is 0.812. The van der Waals surface area contributed by atoms with Gasteiger partial charge >= 0.3 is 0 Å². The van der Waals surface area contributed by atoms with Crippen LogP contribution in [0.4, 0.5) is 5.69 Å². The molecule has 0 spiro atoms. The third-order valence-electron chi connectivity index (χ3n) is 4.70. The van der Waals surface area contributed by atoms with Gasteiger partial charge in [-0.3, -0.25) is 19.3 Å². The van der Waals surface area contributed by atoms with Gasteiger partial charge in [-0.05, 0) is 36.1 Å². The highest BCUT2D eigenvalue weighted by Crippen LogP contribution is 2.24. The minimum Gasteiger partial charge on any atom is -0.326 e. The smallest absolute Gasteiger partial charge is 0.261 e. The summed E-state index contributed by atoms with van der Waals surface area (Å²) in [7, 11) is 0. The number of amides is 3. The van der Waals surface area contributed by atoms with Gasteiger partial charge in [0.25, 0.3) is 11.8 Å². The van der Waals surface area contributed by atoms with Crippen molar-refractivity contribution in [2.24, 2.45) is 0 Å². The molecule has 0 saturated carbocycles. The minimum absolute atomic E-state index is 0.0761. The predicted molar refractivity (Wildman–Crippen MR) is 100 cm³/mol. The van der Waals surface area contributed by atoms with Crippen molar-refractivity contribution in [3.8, 4) is 0 Å². The van der Waals surface area contributed by atoms with Crippen LogP contribution in [0.1, 0.15) is 52.1 Å². The van der Waals surface area contributed by atoms with E-state index in [-0.39, 0.29) is 30.7 Å². The lowest BCUT2D eigenvalue weighted by molar-refractivity contribution is -0.116. The van der Waals surface area contributed by atoms with Gasteiger partial charge in [0.05, 0.1) is 11.1 Å². The molecule has 0 bridgehead atoms. The number of carbonyl (C=O) groups is 3. The fourth-order valence-corrected chi connectivity index (χ4v) is 3.26. The molecule has 0 aromatic heterocycles. The summed E-state index contributed by atoms with van der Waals surface area (Å²) >= 11 is 0. The molecule has 26 heavy (non-hydrogen) atoms. The number of aryl methyl sites for hydroxylation is 2. The van der Waals surface area contributed by atoms with E-state index in [2.05, 4.69) is 5.32 Å². The number of benzene rings is 2. The Morgan fingerprint density at radius 1 is 0.885 bits per heavy atom. The lowest BCUT2D eigenvalue weighted by Gasteiger charge is -2.16. The van der Waals surface area contributed by atoms with Gasteiger partial charge in [-0.25, -0.2) is 0 Å². The average Bonchev–Trinajstić information content (AvgIpc) is 2.91. The van der Waals surface area contributed by atoms with Crippen LogP contribution in [0.15, 0.2) is 42.5 Å². The molecule has 0 fully saturated rings. The van der Waals surface area contributed by atoms with Gasteiger partial charge in [-0.1, -0.05) is 44.2 Å². The van der Waals surface area contributed by atoms with Crippen molar-refractivity contribution in [3.63, 3.8) is 0 Å². The van der Waals surface area contributed by atoms with Crippen LogP contribution in [0.5, 0.6) is 0 Å². The lowest BCUT2D eigenvalue weighted by Crippen LogP contribution is -2.33. The molecule has 5 heteroatoms. The maximum absolute atomic E-state index is 12.4. The second-order valence-electron chi connectivity index (χ2n) is 6.26. The Morgan fingerprint density at radius 3 is 1.92 bits per heavy atom. The Labute approximate surface area is 153 Å². The number of para-hydroxylation sites is 1. The molecule has 0 saturated heterocycles. The van der Waals surface area contributed by atoms with E-state index in [1.807, 2.05) is 32.0 Å². The highest BCUT2D eigenvalue weighted by atomic mass is 16.2. The van der Waals surface area contributed by atoms with Crippen molar-refractivity contribution in [2.75, 3.05) is 11.9 Å². The van der Waals surface area contributed by atoms with Crippen LogP contribution >= 0.6 is 0 Å². The number of carbonyl (C=O) groups excluding carboxylic acids is 3. The van der Waals surface area contributed by atoms with Gasteiger partial charge in [-0.15, -0.1) is 0 Å². The summed E-state index contributed by atoms with van der Waals surface area (Å²) < 4.78 is 0. The monoisotopic (exact) mass is 350 g/mol. The summed E-state index contributed by atoms with van der Waals surface area (Å²) in [5.41, 5.74) is 3.83. The number of fused-ring (bicyclic) bond motifs is 1. The van der Waals surface area contributed by atoms with Crippen molar-refractivity contribution < 1.29 is 14.4 Å². The van der Waals surface area contributed by atoms with E-state index in [4.69, 9.17) is 0 Å². The summed E-state index contributed by atoms with van der Waals surface area (Å²) in [6, 6.07) is 12.7. The number of nitrogens with zero attached hydrogens (tertiary/aromatic N) is 1. The van der Waals surface area contributed by atoms with Crippen molar-refractivity contribution >= 4 is 23.4 Å². The molecular weight excluding hydrogens is 328 g/mol. The zero-order valence-electron chi connectivity index (χ0n) is 15.0. The van der Waals surface area contributed by atoms with Crippen molar-refractivity contribution in [2.45, 2.75) is 33.1 Å². The predicted octanol–water partition coefficient (Wildman–Crippen LogP) is 3.44. The lowest BCUT2D eigenvalue weighted by atomic mass is 10.0. The first-order chi connectivity index (χ1) is 12.6. The van der Waals surface area contributed by atoms with Gasteiger partial charge in [0.2, 0.25) is 5.91 Å². The van der Waals surface area contributed by atoms with Gasteiger partial charge in [0.1, 0.15) is 0 Å². The second kappa shape index (κ2) is 7.52. The highest BCUT2D eigenvalue weighted by molar-refractivity contribution is 6.21. The average molecular weight is 350 g/mol. The Balaban J connectivity index is 1.68. The summed E-state index contributed by atoms with van der Waals surface area (Å²) in [6.07, 6.45) is 1.72. The molecule has 0 atom stereocenters. The van der Waals surface area contributed by atoms with Crippen molar-refractivity contribution in [1.82, 2.24) is 4.90 Å². The second-order valence-corrected chi connectivity index (χ2v) is 6.26. The summed E-state index contributed by atoms with van der Waals surface area (Å²) in [5, 5.41) is 2.97. The van der Waals surface area contributed by atoms with Crippen LogP contribution in [0.25, 0.3) is 0 Å². The number of nitrogens with one attached hydrogen (secondary N) is 1. The molecule has 0 aliphatic carbocycles. The largest absolute Gasteiger partial charge is 0.326 e. The Hall–Kier alpha value is -2.95. The molecule has 134 valence electrons. The zero-order valence-corrected chi connectivity index (χ0v) is 15.0. The van der Waals surface area contributed by atoms with Crippen molar-refractivity contribution in [3.05, 3.63) is 64.7 Å². The number of rotatable bonds is 6. The fourth-order valence-electron chi connectivity index (χ4n) is 3.26. The van der Waals surface area contributed by atoms with E-state index in [0.717, 1.165) is 34.6 Å². The maximum Gasteiger partial charge on any atom is 0.261 e. The topological polar surface area (TPSA) is 66.5 Å². The SMILES string of the molecule is CCc1cccc(CC)c1NC(=O)CCN1C(=O)c2ccccc2C1=O. The van der Waals surface area contributed by atoms with Crippen LogP contribution in [0.2, 0.25) is 0 Å². The van der Waals surface area contributed by atoms with E-state index in [1.165, 1.54) is 0 Å². The molecule has 0 radical (unpaired) electrons. The van der Waals surface area contributed by atoms with Crippen LogP contribution in [0.3, 0.4) is 0 Å². The van der Waals surface area contributed by atoms with Gasteiger partial charge < -0.3 is 5.32 Å². The van der Waals surface area contributed by atoms with E-state index in [9.17, 15) is 14.4 Å². The molecule has 0 unspecified atom stereocenters. The zero-order chi connectivity index (χ0) is 18.7. The molecule has 3 rings (SSSR count). The molecule has 1 heterocycles. The third-order valence-corrected chi connectivity index (χ3v) is 4.70. The van der Waals surface area contributed by atoms with Crippen LogP contribution in [0, 0.1) is 0 Å². The first-order valence-corrected chi connectivity index (χ1v) is 8.92. The third kappa shape index (κ3) is 3.25. The first-order valence-electron chi connectivity index (χ1n) is 8.92. The van der Waals surface area contributed by atoms with E-state index in [0.29, 0.717) is 11.1 Å². The maximum atomic E-state index is 12.4. The Morgan fingerprint density at radius 2 is 1.42 bits per heavy atom. The number of anilines is 1. The van der Waals surface area contributed by atoms with E-state index in [1.54, 1.807) is 24.3 Å². The molecule has 1 aliphatic heterocycles. The standard InChI is InChI=1S/C21H22N2O3/c1-3-14-8-7-9-15(4-2)19(14)22-18(24)12-13-23-20(25)16-10-5-6-11-17(16)21(23)26/h5-11H,3-4,12-13H2,1-2H3,(H,22,24). The first kappa shape index (κ1) is 17.9. The van der Waals surface area contributed by atoms with Gasteiger partial charge in [0.15, 0.2) is 0 Å². The molecule has 2 aromatic carbocycles. The Kier molecular flexibility index (Phi) is 5.16. The fraction of sp³-hybridized carbons (Fsp3) is 0.286. The number of hydrogen-bond donors (Lipinski definition) is 1. The van der Waals surface area contributed by atoms with Crippen LogP contribution < -0.4 is 5.32 Å². The van der Waals surface area contributed by atoms with E-state index < -0.39 is 0 Å². The van der Waals surface area contributed by atoms with E-state index >= 15 is 0 Å². The Bertz CT molecular complexity index is 816. The van der Waals surface area contributed by atoms with Gasteiger partial charge in [0, 0.05) is 18.7 Å². The molecule has 1 aliphatic rings. The molecule has 3 amide bonds. The molecular formula is C21H22N2O3. The summed E-state index contributed by atoms with van der Waals surface area (Å²) in [4.78, 5) is 38.3.